The molecule has 2 nitrogen and oxygen atoms in total. The Bertz CT molecular complexity index is 295. The minimum atomic E-state index is 0.652. The molecule has 0 saturated heterocycles. The zero-order valence-electron chi connectivity index (χ0n) is 6.68. The maximum absolute atomic E-state index is 5.73. The van der Waals surface area contributed by atoms with Gasteiger partial charge in [0.2, 0.25) is 0 Å². The number of rotatable bonds is 1. The highest BCUT2D eigenvalue weighted by Gasteiger charge is 2.24. The molecule has 0 radical (unpaired) electrons. The Morgan fingerprint density at radius 2 is 1.92 bits per heavy atom. The molecule has 0 bridgehead atoms. The molecule has 0 atom stereocenters. The maximum atomic E-state index is 5.73. The second kappa shape index (κ2) is 2.66. The monoisotopic (exact) mass is 226 g/mol. The van der Waals surface area contributed by atoms with Gasteiger partial charge in [-0.05, 0) is 52.4 Å². The van der Waals surface area contributed by atoms with Crippen molar-refractivity contribution in [2.45, 2.75) is 18.8 Å². The van der Waals surface area contributed by atoms with E-state index in [4.69, 9.17) is 11.5 Å². The predicted molar refractivity (Wildman–Crippen MR) is 54.9 cm³/mol. The third-order valence-electron chi connectivity index (χ3n) is 2.23. The summed E-state index contributed by atoms with van der Waals surface area (Å²) in [6.45, 7) is 0. The molecule has 1 fully saturated rings. The van der Waals surface area contributed by atoms with E-state index >= 15 is 0 Å². The van der Waals surface area contributed by atoms with Crippen molar-refractivity contribution in [3.8, 4) is 0 Å². The van der Waals surface area contributed by atoms with Crippen molar-refractivity contribution in [3.05, 3.63) is 22.2 Å². The predicted octanol–water partition coefficient (Wildman–Crippen LogP) is 2.49. The Morgan fingerprint density at radius 3 is 2.42 bits per heavy atom. The molecule has 0 spiro atoms. The second-order valence-electron chi connectivity index (χ2n) is 3.28. The van der Waals surface area contributed by atoms with Gasteiger partial charge in [0.15, 0.2) is 0 Å². The molecule has 0 heterocycles. The quantitative estimate of drug-likeness (QED) is 0.724. The average Bonchev–Trinajstić information content (AvgIpc) is 2.81. The van der Waals surface area contributed by atoms with Crippen molar-refractivity contribution in [2.75, 3.05) is 11.5 Å². The van der Waals surface area contributed by atoms with Gasteiger partial charge in [0.05, 0.1) is 11.4 Å². The van der Waals surface area contributed by atoms with Crippen LogP contribution in [-0.2, 0) is 0 Å². The third kappa shape index (κ3) is 1.29. The van der Waals surface area contributed by atoms with E-state index in [0.717, 1.165) is 10.4 Å². The van der Waals surface area contributed by atoms with Crippen LogP contribution in [-0.4, -0.2) is 0 Å². The first-order chi connectivity index (χ1) is 5.68. The van der Waals surface area contributed by atoms with E-state index in [9.17, 15) is 0 Å². The SMILES string of the molecule is Nc1cc(C2CC2)cc(Br)c1N. The van der Waals surface area contributed by atoms with Gasteiger partial charge in [0.25, 0.3) is 0 Å². The van der Waals surface area contributed by atoms with Gasteiger partial charge in [0.1, 0.15) is 0 Å². The summed E-state index contributed by atoms with van der Waals surface area (Å²) in [7, 11) is 0. The van der Waals surface area contributed by atoms with Crippen LogP contribution >= 0.6 is 15.9 Å². The zero-order chi connectivity index (χ0) is 8.72. The Hall–Kier alpha value is -0.700. The van der Waals surface area contributed by atoms with Crippen molar-refractivity contribution in [2.24, 2.45) is 0 Å². The molecule has 1 aliphatic rings. The third-order valence-corrected chi connectivity index (χ3v) is 2.89. The number of nitrogens with two attached hydrogens (primary N) is 2. The largest absolute Gasteiger partial charge is 0.397 e. The molecule has 4 N–H and O–H groups in total. The number of halogens is 1. The van der Waals surface area contributed by atoms with Gasteiger partial charge in [-0.15, -0.1) is 0 Å². The topological polar surface area (TPSA) is 52.0 Å². The summed E-state index contributed by atoms with van der Waals surface area (Å²) < 4.78 is 0.921. The summed E-state index contributed by atoms with van der Waals surface area (Å²) in [6, 6.07) is 4.06. The molecule has 0 aliphatic heterocycles. The van der Waals surface area contributed by atoms with E-state index in [1.807, 2.05) is 6.07 Å². The second-order valence-corrected chi connectivity index (χ2v) is 4.13. The number of hydrogen-bond acceptors (Lipinski definition) is 2. The summed E-state index contributed by atoms with van der Waals surface area (Å²) in [5.74, 6) is 0.726. The number of hydrogen-bond donors (Lipinski definition) is 2. The fourth-order valence-electron chi connectivity index (χ4n) is 1.31. The fourth-order valence-corrected chi connectivity index (χ4v) is 1.81. The van der Waals surface area contributed by atoms with E-state index in [2.05, 4.69) is 22.0 Å². The fraction of sp³-hybridized carbons (Fsp3) is 0.333. The highest BCUT2D eigenvalue weighted by Crippen LogP contribution is 2.43. The molecule has 0 unspecified atom stereocenters. The first-order valence-corrected chi connectivity index (χ1v) is 4.82. The van der Waals surface area contributed by atoms with E-state index in [0.29, 0.717) is 11.4 Å². The molecule has 0 aromatic heterocycles. The summed E-state index contributed by atoms with van der Waals surface area (Å²) in [4.78, 5) is 0. The lowest BCUT2D eigenvalue weighted by Crippen LogP contribution is -1.96. The van der Waals surface area contributed by atoms with E-state index < -0.39 is 0 Å². The van der Waals surface area contributed by atoms with E-state index in [1.54, 1.807) is 0 Å². The molecular formula is C9H11BrN2. The van der Waals surface area contributed by atoms with Crippen molar-refractivity contribution in [1.29, 1.82) is 0 Å². The van der Waals surface area contributed by atoms with Gasteiger partial charge in [-0.2, -0.15) is 0 Å². The Balaban J connectivity index is 2.45. The maximum Gasteiger partial charge on any atom is 0.0692 e. The smallest absolute Gasteiger partial charge is 0.0692 e. The van der Waals surface area contributed by atoms with Crippen LogP contribution in [0, 0.1) is 0 Å². The van der Waals surface area contributed by atoms with Gasteiger partial charge in [0, 0.05) is 4.47 Å². The van der Waals surface area contributed by atoms with Crippen molar-refractivity contribution in [1.82, 2.24) is 0 Å². The van der Waals surface area contributed by atoms with Crippen LogP contribution in [0.4, 0.5) is 11.4 Å². The highest BCUT2D eigenvalue weighted by atomic mass is 79.9. The number of benzene rings is 1. The minimum Gasteiger partial charge on any atom is -0.397 e. The molecule has 0 amide bonds. The lowest BCUT2D eigenvalue weighted by molar-refractivity contribution is 1.13. The van der Waals surface area contributed by atoms with Crippen LogP contribution in [0.5, 0.6) is 0 Å². The number of anilines is 2. The van der Waals surface area contributed by atoms with Crippen LogP contribution in [0.3, 0.4) is 0 Å². The van der Waals surface area contributed by atoms with E-state index in [1.165, 1.54) is 18.4 Å². The van der Waals surface area contributed by atoms with Crippen molar-refractivity contribution in [3.63, 3.8) is 0 Å². The molecular weight excluding hydrogens is 216 g/mol. The first-order valence-electron chi connectivity index (χ1n) is 4.03. The molecule has 3 heteroatoms. The van der Waals surface area contributed by atoms with Crippen LogP contribution in [0.1, 0.15) is 24.3 Å². The summed E-state index contributed by atoms with van der Waals surface area (Å²) in [5.41, 5.74) is 14.1. The summed E-state index contributed by atoms with van der Waals surface area (Å²) >= 11 is 3.39. The normalized spacial score (nSPS) is 16.4. The molecule has 2 rings (SSSR count). The Morgan fingerprint density at radius 1 is 1.25 bits per heavy atom. The molecule has 1 saturated carbocycles. The standard InChI is InChI=1S/C9H11BrN2/c10-7-3-6(5-1-2-5)4-8(11)9(7)12/h3-5H,1-2,11-12H2. The lowest BCUT2D eigenvalue weighted by Gasteiger charge is -2.05. The molecule has 1 aromatic rings. The summed E-state index contributed by atoms with van der Waals surface area (Å²) in [6.07, 6.45) is 2.57. The molecule has 12 heavy (non-hydrogen) atoms. The minimum absolute atomic E-state index is 0.652. The first kappa shape index (κ1) is 7.92. The molecule has 1 aliphatic carbocycles. The molecule has 64 valence electrons. The van der Waals surface area contributed by atoms with Crippen LogP contribution < -0.4 is 11.5 Å². The van der Waals surface area contributed by atoms with Gasteiger partial charge in [-0.3, -0.25) is 0 Å². The number of nitrogen functional groups attached to an aromatic ring is 2. The zero-order valence-corrected chi connectivity index (χ0v) is 8.26. The lowest BCUT2D eigenvalue weighted by atomic mass is 10.1. The van der Waals surface area contributed by atoms with Gasteiger partial charge < -0.3 is 11.5 Å². The van der Waals surface area contributed by atoms with Crippen LogP contribution in [0.2, 0.25) is 0 Å². The van der Waals surface area contributed by atoms with Crippen molar-refractivity contribution >= 4 is 27.3 Å². The molecule has 1 aromatic carbocycles. The van der Waals surface area contributed by atoms with Crippen LogP contribution in [0.25, 0.3) is 0 Å². The Labute approximate surface area is 80.1 Å². The average molecular weight is 227 g/mol. The van der Waals surface area contributed by atoms with Gasteiger partial charge in [-0.25, -0.2) is 0 Å². The Kier molecular flexibility index (Phi) is 1.76. The van der Waals surface area contributed by atoms with E-state index in [-0.39, 0.29) is 0 Å². The highest BCUT2D eigenvalue weighted by molar-refractivity contribution is 9.10. The van der Waals surface area contributed by atoms with Crippen LogP contribution in [0.15, 0.2) is 16.6 Å². The van der Waals surface area contributed by atoms with Gasteiger partial charge >= 0.3 is 0 Å². The summed E-state index contributed by atoms with van der Waals surface area (Å²) in [5, 5.41) is 0. The van der Waals surface area contributed by atoms with Gasteiger partial charge in [-0.1, -0.05) is 0 Å². The van der Waals surface area contributed by atoms with Crippen molar-refractivity contribution < 1.29 is 0 Å².